The predicted molar refractivity (Wildman–Crippen MR) is 58.3 cm³/mol. The Morgan fingerprint density at radius 1 is 1.07 bits per heavy atom. The minimum atomic E-state index is 0.398. The Kier molecular flexibility index (Phi) is 2.04. The molecular weight excluding hydrogens is 174 g/mol. The van der Waals surface area contributed by atoms with Gasteiger partial charge in [0.15, 0.2) is 0 Å². The first kappa shape index (κ1) is 10.4. The van der Waals surface area contributed by atoms with Crippen molar-refractivity contribution in [2.45, 2.75) is 40.7 Å². The molecule has 0 amide bonds. The van der Waals surface area contributed by atoms with Crippen molar-refractivity contribution in [1.29, 1.82) is 0 Å². The Labute approximate surface area is 87.4 Å². The summed E-state index contributed by atoms with van der Waals surface area (Å²) in [7, 11) is 0. The molecule has 0 aromatic rings. The molecule has 2 fully saturated rings. The Morgan fingerprint density at radius 3 is 1.86 bits per heavy atom. The van der Waals surface area contributed by atoms with E-state index >= 15 is 0 Å². The maximum Gasteiger partial charge on any atom is 0.0554 e. The quantitative estimate of drug-likeness (QED) is 0.747. The number of ether oxygens (including phenoxy) is 1. The summed E-state index contributed by atoms with van der Waals surface area (Å²) in [6.07, 6.45) is 0. The Bertz CT molecular complexity index is 227. The van der Waals surface area contributed by atoms with Crippen LogP contribution in [0.4, 0.5) is 0 Å². The second-order valence-electron chi connectivity index (χ2n) is 6.56. The highest BCUT2D eigenvalue weighted by atomic mass is 16.5. The summed E-state index contributed by atoms with van der Waals surface area (Å²) in [5.41, 5.74) is 1.30. The van der Waals surface area contributed by atoms with Crippen molar-refractivity contribution < 1.29 is 4.74 Å². The van der Waals surface area contributed by atoms with Gasteiger partial charge < -0.3 is 10.1 Å². The molecule has 1 saturated carbocycles. The van der Waals surface area contributed by atoms with Gasteiger partial charge in [-0.15, -0.1) is 0 Å². The zero-order valence-corrected chi connectivity index (χ0v) is 10.1. The van der Waals surface area contributed by atoms with E-state index in [1.165, 1.54) is 0 Å². The van der Waals surface area contributed by atoms with Gasteiger partial charge in [0.05, 0.1) is 13.2 Å². The molecule has 0 unspecified atom stereocenters. The fraction of sp³-hybridized carbons (Fsp3) is 1.00. The third-order valence-electron chi connectivity index (χ3n) is 4.65. The van der Waals surface area contributed by atoms with Gasteiger partial charge in [0.25, 0.3) is 0 Å². The van der Waals surface area contributed by atoms with Gasteiger partial charge in [-0.2, -0.15) is 0 Å². The molecule has 0 aromatic heterocycles. The summed E-state index contributed by atoms with van der Waals surface area (Å²) >= 11 is 0. The van der Waals surface area contributed by atoms with Crippen molar-refractivity contribution in [3.8, 4) is 0 Å². The van der Waals surface area contributed by atoms with E-state index in [0.29, 0.717) is 22.3 Å². The SMILES string of the molecule is CC1(CNC2C(C)(C)C2(C)C)COC1. The average molecular weight is 197 g/mol. The molecule has 2 rings (SSSR count). The first-order valence-corrected chi connectivity index (χ1v) is 5.61. The third kappa shape index (κ3) is 1.31. The molecule has 1 N–H and O–H groups in total. The molecule has 1 aliphatic carbocycles. The van der Waals surface area contributed by atoms with Crippen LogP contribution in [-0.4, -0.2) is 25.8 Å². The second kappa shape index (κ2) is 2.73. The van der Waals surface area contributed by atoms with E-state index in [9.17, 15) is 0 Å². The molecule has 1 aliphatic heterocycles. The van der Waals surface area contributed by atoms with Crippen LogP contribution in [0.3, 0.4) is 0 Å². The van der Waals surface area contributed by atoms with Gasteiger partial charge in [0, 0.05) is 18.0 Å². The molecule has 0 spiro atoms. The van der Waals surface area contributed by atoms with Gasteiger partial charge in [-0.25, -0.2) is 0 Å². The minimum absolute atomic E-state index is 0.398. The Morgan fingerprint density at radius 2 is 1.57 bits per heavy atom. The standard InChI is InChI=1S/C12H23NO/c1-10(2)9(11(10,3)4)13-6-12(5)7-14-8-12/h9,13H,6-8H2,1-5H3. The molecular formula is C12H23NO. The van der Waals surface area contributed by atoms with Crippen molar-refractivity contribution >= 4 is 0 Å². The van der Waals surface area contributed by atoms with Crippen molar-refractivity contribution in [2.24, 2.45) is 16.2 Å². The largest absolute Gasteiger partial charge is 0.380 e. The van der Waals surface area contributed by atoms with Crippen LogP contribution < -0.4 is 5.32 Å². The number of nitrogens with one attached hydrogen (secondary N) is 1. The highest BCUT2D eigenvalue weighted by Crippen LogP contribution is 2.62. The summed E-state index contributed by atoms with van der Waals surface area (Å²) in [5.74, 6) is 0. The van der Waals surface area contributed by atoms with Crippen LogP contribution >= 0.6 is 0 Å². The number of rotatable bonds is 3. The van der Waals surface area contributed by atoms with E-state index in [-0.39, 0.29) is 0 Å². The van der Waals surface area contributed by atoms with Crippen molar-refractivity contribution in [1.82, 2.24) is 5.32 Å². The van der Waals surface area contributed by atoms with E-state index in [4.69, 9.17) is 4.74 Å². The summed E-state index contributed by atoms with van der Waals surface area (Å²) in [6.45, 7) is 14.7. The monoisotopic (exact) mass is 197 g/mol. The predicted octanol–water partition coefficient (Wildman–Crippen LogP) is 2.05. The highest BCUT2D eigenvalue weighted by Gasteiger charge is 2.64. The van der Waals surface area contributed by atoms with Gasteiger partial charge >= 0.3 is 0 Å². The van der Waals surface area contributed by atoms with Crippen LogP contribution in [0.1, 0.15) is 34.6 Å². The van der Waals surface area contributed by atoms with Gasteiger partial charge in [-0.05, 0) is 10.8 Å². The third-order valence-corrected chi connectivity index (χ3v) is 4.65. The van der Waals surface area contributed by atoms with Crippen LogP contribution in [0.15, 0.2) is 0 Å². The molecule has 1 heterocycles. The molecule has 1 saturated heterocycles. The lowest BCUT2D eigenvalue weighted by molar-refractivity contribution is -0.0995. The summed E-state index contributed by atoms with van der Waals surface area (Å²) in [4.78, 5) is 0. The highest BCUT2D eigenvalue weighted by molar-refractivity contribution is 5.18. The van der Waals surface area contributed by atoms with E-state index < -0.39 is 0 Å². The maximum atomic E-state index is 5.25. The van der Waals surface area contributed by atoms with Crippen LogP contribution in [0.2, 0.25) is 0 Å². The fourth-order valence-electron chi connectivity index (χ4n) is 2.61. The van der Waals surface area contributed by atoms with E-state index in [1.54, 1.807) is 0 Å². The molecule has 0 bridgehead atoms. The van der Waals surface area contributed by atoms with Gasteiger partial charge in [0.1, 0.15) is 0 Å². The lowest BCUT2D eigenvalue weighted by atomic mass is 9.88. The first-order chi connectivity index (χ1) is 6.30. The second-order valence-corrected chi connectivity index (χ2v) is 6.56. The van der Waals surface area contributed by atoms with E-state index in [2.05, 4.69) is 39.9 Å². The Balaban J connectivity index is 1.83. The van der Waals surface area contributed by atoms with Gasteiger partial charge in [-0.1, -0.05) is 34.6 Å². The smallest absolute Gasteiger partial charge is 0.0554 e. The van der Waals surface area contributed by atoms with E-state index in [0.717, 1.165) is 19.8 Å². The molecule has 2 aliphatic rings. The maximum absolute atomic E-state index is 5.25. The van der Waals surface area contributed by atoms with Gasteiger partial charge in [-0.3, -0.25) is 0 Å². The van der Waals surface area contributed by atoms with Crippen LogP contribution in [0, 0.1) is 16.2 Å². The summed E-state index contributed by atoms with van der Waals surface area (Å²) < 4.78 is 5.25. The lowest BCUT2D eigenvalue weighted by Gasteiger charge is -2.38. The molecule has 82 valence electrons. The summed E-state index contributed by atoms with van der Waals surface area (Å²) in [6, 6.07) is 0.674. The van der Waals surface area contributed by atoms with Crippen LogP contribution in [-0.2, 0) is 4.74 Å². The lowest BCUT2D eigenvalue weighted by Crippen LogP contribution is -2.48. The molecule has 2 heteroatoms. The van der Waals surface area contributed by atoms with Crippen molar-refractivity contribution in [3.63, 3.8) is 0 Å². The Hall–Kier alpha value is -0.0800. The molecule has 14 heavy (non-hydrogen) atoms. The van der Waals surface area contributed by atoms with E-state index in [1.807, 2.05) is 0 Å². The normalized spacial score (nSPS) is 32.4. The molecule has 0 aromatic carbocycles. The molecule has 0 atom stereocenters. The number of hydrogen-bond donors (Lipinski definition) is 1. The molecule has 0 radical (unpaired) electrons. The summed E-state index contributed by atoms with van der Waals surface area (Å²) in [5, 5.41) is 3.70. The topological polar surface area (TPSA) is 21.3 Å². The number of hydrogen-bond acceptors (Lipinski definition) is 2. The first-order valence-electron chi connectivity index (χ1n) is 5.61. The minimum Gasteiger partial charge on any atom is -0.380 e. The zero-order valence-electron chi connectivity index (χ0n) is 10.1. The van der Waals surface area contributed by atoms with Crippen molar-refractivity contribution in [3.05, 3.63) is 0 Å². The zero-order chi connectivity index (χ0) is 10.6. The fourth-order valence-corrected chi connectivity index (χ4v) is 2.61. The molecule has 2 nitrogen and oxygen atoms in total. The van der Waals surface area contributed by atoms with Crippen molar-refractivity contribution in [2.75, 3.05) is 19.8 Å². The van der Waals surface area contributed by atoms with Crippen LogP contribution in [0.5, 0.6) is 0 Å². The van der Waals surface area contributed by atoms with Crippen LogP contribution in [0.25, 0.3) is 0 Å². The van der Waals surface area contributed by atoms with Gasteiger partial charge in [0.2, 0.25) is 0 Å². The average Bonchev–Trinajstić information content (AvgIpc) is 2.37.